The minimum absolute atomic E-state index is 0.108. The van der Waals surface area contributed by atoms with Gasteiger partial charge in [0.05, 0.1) is 6.04 Å². The Morgan fingerprint density at radius 1 is 0.944 bits per heavy atom. The first-order chi connectivity index (χ1) is 8.90. The summed E-state index contributed by atoms with van der Waals surface area (Å²) < 4.78 is 0. The zero-order valence-corrected chi connectivity index (χ0v) is 10.1. The van der Waals surface area contributed by atoms with E-state index in [9.17, 15) is 0 Å². The second-order valence-corrected chi connectivity index (χ2v) is 4.01. The predicted molar refractivity (Wildman–Crippen MR) is 75.8 cm³/mol. The van der Waals surface area contributed by atoms with E-state index in [2.05, 4.69) is 28.9 Å². The maximum Gasteiger partial charge on any atom is 0.0619 e. The van der Waals surface area contributed by atoms with Crippen molar-refractivity contribution < 1.29 is 0 Å². The third kappa shape index (κ3) is 3.38. The van der Waals surface area contributed by atoms with Crippen LogP contribution in [-0.2, 0) is 0 Å². The Kier molecular flexibility index (Phi) is 4.40. The quantitative estimate of drug-likeness (QED) is 0.614. The first kappa shape index (κ1) is 12.2. The molecule has 2 heteroatoms. The minimum atomic E-state index is 0.108. The number of rotatable bonds is 5. The van der Waals surface area contributed by atoms with E-state index in [0.29, 0.717) is 6.42 Å². The molecule has 1 unspecified atom stereocenters. The molecule has 2 rings (SSSR count). The smallest absolute Gasteiger partial charge is 0.0619 e. The molecule has 0 amide bonds. The number of para-hydroxylation sites is 1. The maximum absolute atomic E-state index is 5.42. The summed E-state index contributed by atoms with van der Waals surface area (Å²) in [6, 6.07) is 20.3. The van der Waals surface area contributed by atoms with Crippen LogP contribution in [0.1, 0.15) is 18.0 Å². The highest BCUT2D eigenvalue weighted by Crippen LogP contribution is 2.16. The lowest BCUT2D eigenvalue weighted by Crippen LogP contribution is -2.27. The van der Waals surface area contributed by atoms with Gasteiger partial charge in [-0.2, -0.15) is 0 Å². The van der Waals surface area contributed by atoms with Gasteiger partial charge in [-0.25, -0.2) is 5.43 Å². The van der Waals surface area contributed by atoms with E-state index >= 15 is 0 Å². The van der Waals surface area contributed by atoms with Gasteiger partial charge in [-0.15, -0.1) is 12.3 Å². The lowest BCUT2D eigenvalue weighted by molar-refractivity contribution is 0.605. The molecule has 0 aromatic heterocycles. The van der Waals surface area contributed by atoms with Crippen molar-refractivity contribution in [1.82, 2.24) is 5.43 Å². The molecule has 2 aromatic rings. The van der Waals surface area contributed by atoms with Gasteiger partial charge >= 0.3 is 0 Å². The molecule has 18 heavy (non-hydrogen) atoms. The molecule has 0 radical (unpaired) electrons. The van der Waals surface area contributed by atoms with Crippen LogP contribution < -0.4 is 10.9 Å². The van der Waals surface area contributed by atoms with Crippen molar-refractivity contribution in [1.29, 1.82) is 0 Å². The molecule has 1 atom stereocenters. The topological polar surface area (TPSA) is 24.1 Å². The van der Waals surface area contributed by atoms with Crippen molar-refractivity contribution in [3.8, 4) is 12.3 Å². The van der Waals surface area contributed by atoms with Crippen LogP contribution >= 0.6 is 0 Å². The van der Waals surface area contributed by atoms with Crippen molar-refractivity contribution in [3.63, 3.8) is 0 Å². The van der Waals surface area contributed by atoms with Crippen LogP contribution in [0.3, 0.4) is 0 Å². The number of hydrogen-bond donors (Lipinski definition) is 2. The normalized spacial score (nSPS) is 11.5. The third-order valence-electron chi connectivity index (χ3n) is 2.69. The highest BCUT2D eigenvalue weighted by Gasteiger charge is 2.08. The maximum atomic E-state index is 5.42. The summed E-state index contributed by atoms with van der Waals surface area (Å²) in [7, 11) is 0. The first-order valence-electron chi connectivity index (χ1n) is 5.95. The molecular formula is C16H16N2. The Morgan fingerprint density at radius 2 is 1.56 bits per heavy atom. The summed E-state index contributed by atoms with van der Waals surface area (Å²) >= 11 is 0. The minimum Gasteiger partial charge on any atom is -0.321 e. The molecule has 0 aliphatic rings. The van der Waals surface area contributed by atoms with Gasteiger partial charge < -0.3 is 5.43 Å². The van der Waals surface area contributed by atoms with Crippen LogP contribution in [0, 0.1) is 12.3 Å². The van der Waals surface area contributed by atoms with E-state index in [4.69, 9.17) is 6.42 Å². The molecule has 2 nitrogen and oxygen atoms in total. The van der Waals surface area contributed by atoms with Gasteiger partial charge in [-0.1, -0.05) is 48.5 Å². The van der Waals surface area contributed by atoms with E-state index < -0.39 is 0 Å². The second kappa shape index (κ2) is 6.48. The van der Waals surface area contributed by atoms with Crippen LogP contribution in [0.15, 0.2) is 60.7 Å². The first-order valence-corrected chi connectivity index (χ1v) is 5.95. The van der Waals surface area contributed by atoms with Crippen molar-refractivity contribution in [2.45, 2.75) is 12.5 Å². The van der Waals surface area contributed by atoms with E-state index in [1.807, 2.05) is 48.5 Å². The molecule has 0 saturated heterocycles. The van der Waals surface area contributed by atoms with E-state index in [-0.39, 0.29) is 6.04 Å². The lowest BCUT2D eigenvalue weighted by atomic mass is 10.1. The van der Waals surface area contributed by atoms with Crippen molar-refractivity contribution in [2.75, 3.05) is 5.43 Å². The SMILES string of the molecule is C#CCC(NNc1ccccc1)c1ccccc1. The third-order valence-corrected chi connectivity index (χ3v) is 2.69. The van der Waals surface area contributed by atoms with Crippen molar-refractivity contribution >= 4 is 5.69 Å². The number of terminal acetylenes is 1. The van der Waals surface area contributed by atoms with E-state index in [1.54, 1.807) is 0 Å². The summed E-state index contributed by atoms with van der Waals surface area (Å²) in [6.45, 7) is 0. The Labute approximate surface area is 108 Å². The number of benzene rings is 2. The Hall–Kier alpha value is -2.24. The van der Waals surface area contributed by atoms with Gasteiger partial charge in [-0.3, -0.25) is 0 Å². The predicted octanol–water partition coefficient (Wildman–Crippen LogP) is 3.37. The Morgan fingerprint density at radius 3 is 2.17 bits per heavy atom. The highest BCUT2D eigenvalue weighted by atomic mass is 15.4. The molecule has 0 bridgehead atoms. The van der Waals surface area contributed by atoms with Gasteiger partial charge in [0.25, 0.3) is 0 Å². The van der Waals surface area contributed by atoms with Crippen LogP contribution in [0.2, 0.25) is 0 Å². The fraction of sp³-hybridized carbons (Fsp3) is 0.125. The molecule has 90 valence electrons. The number of hydrogen-bond acceptors (Lipinski definition) is 2. The van der Waals surface area contributed by atoms with Gasteiger partial charge in [0.15, 0.2) is 0 Å². The zero-order valence-electron chi connectivity index (χ0n) is 10.1. The Bertz CT molecular complexity index is 500. The number of anilines is 1. The fourth-order valence-corrected chi connectivity index (χ4v) is 1.75. The second-order valence-electron chi connectivity index (χ2n) is 4.01. The van der Waals surface area contributed by atoms with Gasteiger partial charge in [0, 0.05) is 12.1 Å². The average molecular weight is 236 g/mol. The standard InChI is InChI=1S/C16H16N2/c1-2-9-16(14-10-5-3-6-11-14)18-17-15-12-7-4-8-13-15/h1,3-8,10-13,16-18H,9H2. The molecule has 2 N–H and O–H groups in total. The molecular weight excluding hydrogens is 220 g/mol. The molecule has 0 spiro atoms. The van der Waals surface area contributed by atoms with Gasteiger partial charge in [-0.05, 0) is 17.7 Å². The summed E-state index contributed by atoms with van der Waals surface area (Å²) in [4.78, 5) is 0. The Balaban J connectivity index is 2.02. The molecule has 0 saturated carbocycles. The van der Waals surface area contributed by atoms with Crippen molar-refractivity contribution in [2.24, 2.45) is 0 Å². The number of hydrazine groups is 1. The average Bonchev–Trinajstić information content (AvgIpc) is 2.45. The molecule has 0 aliphatic carbocycles. The molecule has 2 aromatic carbocycles. The molecule has 0 fully saturated rings. The zero-order chi connectivity index (χ0) is 12.6. The largest absolute Gasteiger partial charge is 0.321 e. The summed E-state index contributed by atoms with van der Waals surface area (Å²) in [5.74, 6) is 2.70. The van der Waals surface area contributed by atoms with Crippen LogP contribution in [0.25, 0.3) is 0 Å². The fourth-order valence-electron chi connectivity index (χ4n) is 1.75. The van der Waals surface area contributed by atoms with E-state index in [1.165, 1.54) is 5.56 Å². The molecule has 0 heterocycles. The van der Waals surface area contributed by atoms with Crippen LogP contribution in [0.4, 0.5) is 5.69 Å². The van der Waals surface area contributed by atoms with Crippen LogP contribution in [0.5, 0.6) is 0 Å². The lowest BCUT2D eigenvalue weighted by Gasteiger charge is -2.18. The van der Waals surface area contributed by atoms with E-state index in [0.717, 1.165) is 5.69 Å². The summed E-state index contributed by atoms with van der Waals surface area (Å²) in [6.07, 6.45) is 6.06. The van der Waals surface area contributed by atoms with Crippen LogP contribution in [-0.4, -0.2) is 0 Å². The van der Waals surface area contributed by atoms with Crippen molar-refractivity contribution in [3.05, 3.63) is 66.2 Å². The summed E-state index contributed by atoms with van der Waals surface area (Å²) in [5, 5.41) is 0. The van der Waals surface area contributed by atoms with Gasteiger partial charge in [0.1, 0.15) is 0 Å². The monoisotopic (exact) mass is 236 g/mol. The summed E-state index contributed by atoms with van der Waals surface area (Å²) in [5.41, 5.74) is 8.65. The number of nitrogens with one attached hydrogen (secondary N) is 2. The highest BCUT2D eigenvalue weighted by molar-refractivity contribution is 5.41. The van der Waals surface area contributed by atoms with Gasteiger partial charge in [0.2, 0.25) is 0 Å². The molecule has 0 aliphatic heterocycles.